The summed E-state index contributed by atoms with van der Waals surface area (Å²) in [5.41, 5.74) is 11.9. The van der Waals surface area contributed by atoms with Gasteiger partial charge in [0.1, 0.15) is 5.00 Å². The van der Waals surface area contributed by atoms with E-state index in [9.17, 15) is 0 Å². The lowest BCUT2D eigenvalue weighted by molar-refractivity contribution is 0.949. The SMILES string of the molecule is Cc1cc(N=Nc2ccc(N3CCCC3)s2)ccc1N=Nc1ccc(N=Nc2nccs2)c(C)c1.Cc1cccc(N=Nc2ccc(N=Nc3ccc(N4CCCC4)cc3)cc2C)c1. The molecular formula is C49H49N13S2. The second kappa shape index (κ2) is 21.4. The molecule has 322 valence electrons. The highest BCUT2D eigenvalue weighted by Crippen LogP contribution is 2.36. The van der Waals surface area contributed by atoms with Crippen LogP contribution in [0.25, 0.3) is 0 Å². The second-order valence-corrected chi connectivity index (χ2v) is 17.5. The van der Waals surface area contributed by atoms with Crippen molar-refractivity contribution in [2.75, 3.05) is 36.0 Å². The van der Waals surface area contributed by atoms with Gasteiger partial charge in [0, 0.05) is 43.4 Å². The van der Waals surface area contributed by atoms with Gasteiger partial charge >= 0.3 is 0 Å². The lowest BCUT2D eigenvalue weighted by atomic mass is 10.2. The highest BCUT2D eigenvalue weighted by Gasteiger charge is 2.14. The van der Waals surface area contributed by atoms with Crippen molar-refractivity contribution < 1.29 is 0 Å². The maximum absolute atomic E-state index is 4.43. The van der Waals surface area contributed by atoms with E-state index in [4.69, 9.17) is 0 Å². The van der Waals surface area contributed by atoms with Gasteiger partial charge in [-0.3, -0.25) is 0 Å². The minimum atomic E-state index is 0.633. The molecule has 0 bridgehead atoms. The van der Waals surface area contributed by atoms with Crippen molar-refractivity contribution in [1.29, 1.82) is 0 Å². The van der Waals surface area contributed by atoms with E-state index >= 15 is 0 Å². The van der Waals surface area contributed by atoms with Gasteiger partial charge in [-0.15, -0.1) is 31.8 Å². The molecule has 2 aliphatic rings. The van der Waals surface area contributed by atoms with Gasteiger partial charge in [-0.2, -0.15) is 30.7 Å². The second-order valence-electron chi connectivity index (χ2n) is 15.6. The van der Waals surface area contributed by atoms with Crippen molar-refractivity contribution >= 4 is 89.0 Å². The molecule has 9 rings (SSSR count). The number of thiazole rings is 1. The molecule has 4 heterocycles. The normalized spacial score (nSPS) is 14.3. The lowest BCUT2D eigenvalue weighted by Crippen LogP contribution is -2.17. The van der Waals surface area contributed by atoms with E-state index in [1.165, 1.54) is 53.3 Å². The first-order valence-corrected chi connectivity index (χ1v) is 23.1. The summed E-state index contributed by atoms with van der Waals surface area (Å²) in [7, 11) is 0. The van der Waals surface area contributed by atoms with Crippen molar-refractivity contribution in [3.05, 3.63) is 149 Å². The fraction of sp³-hybridized carbons (Fsp3) is 0.245. The molecule has 0 aliphatic carbocycles. The van der Waals surface area contributed by atoms with E-state index in [0.717, 1.165) is 93.4 Å². The predicted octanol–water partition coefficient (Wildman–Crippen LogP) is 17.4. The first kappa shape index (κ1) is 43.7. The van der Waals surface area contributed by atoms with Crippen molar-refractivity contribution in [3.8, 4) is 0 Å². The molecule has 5 aromatic carbocycles. The maximum atomic E-state index is 4.43. The molecular weight excluding hydrogens is 835 g/mol. The number of anilines is 2. The van der Waals surface area contributed by atoms with Crippen LogP contribution in [-0.2, 0) is 0 Å². The van der Waals surface area contributed by atoms with Crippen LogP contribution in [0, 0.1) is 27.7 Å². The van der Waals surface area contributed by atoms with E-state index < -0.39 is 0 Å². The molecule has 0 unspecified atom stereocenters. The monoisotopic (exact) mass is 883 g/mol. The fourth-order valence-electron chi connectivity index (χ4n) is 7.12. The molecule has 2 aromatic heterocycles. The van der Waals surface area contributed by atoms with Gasteiger partial charge in [0.05, 0.1) is 50.5 Å². The number of aromatic nitrogens is 1. The summed E-state index contributed by atoms with van der Waals surface area (Å²) in [6.45, 7) is 12.6. The summed E-state index contributed by atoms with van der Waals surface area (Å²) in [6, 6.07) is 37.8. The Hall–Kier alpha value is -6.97. The van der Waals surface area contributed by atoms with Crippen LogP contribution in [0.15, 0.2) is 178 Å². The van der Waals surface area contributed by atoms with E-state index in [2.05, 4.69) is 84.1 Å². The Kier molecular flexibility index (Phi) is 14.6. The van der Waals surface area contributed by atoms with Crippen LogP contribution in [0.3, 0.4) is 0 Å². The number of nitrogens with zero attached hydrogens (tertiary/aromatic N) is 13. The van der Waals surface area contributed by atoms with Gasteiger partial charge in [-0.25, -0.2) is 4.98 Å². The van der Waals surface area contributed by atoms with Gasteiger partial charge < -0.3 is 9.80 Å². The average molecular weight is 884 g/mol. The van der Waals surface area contributed by atoms with Crippen LogP contribution in [0.2, 0.25) is 0 Å². The summed E-state index contributed by atoms with van der Waals surface area (Å²) >= 11 is 3.13. The Bertz CT molecular complexity index is 2800. The number of benzene rings is 5. The van der Waals surface area contributed by atoms with Crippen molar-refractivity contribution in [3.63, 3.8) is 0 Å². The molecule has 0 radical (unpaired) electrons. The zero-order valence-corrected chi connectivity index (χ0v) is 38.0. The third-order valence-electron chi connectivity index (χ3n) is 10.6. The van der Waals surface area contributed by atoms with Crippen LogP contribution >= 0.6 is 22.7 Å². The topological polar surface area (TPSA) is 143 Å². The molecule has 2 saturated heterocycles. The minimum Gasteiger partial charge on any atom is -0.372 e. The Morgan fingerprint density at radius 1 is 0.453 bits per heavy atom. The number of hydrogen-bond acceptors (Lipinski definition) is 15. The van der Waals surface area contributed by atoms with Crippen LogP contribution in [-0.4, -0.2) is 31.2 Å². The molecule has 13 nitrogen and oxygen atoms in total. The van der Waals surface area contributed by atoms with E-state index in [1.54, 1.807) is 17.5 Å². The van der Waals surface area contributed by atoms with E-state index in [0.29, 0.717) is 5.13 Å². The molecule has 0 N–H and O–H groups in total. The Balaban J connectivity index is 0.000000178. The zero-order chi connectivity index (χ0) is 44.1. The first-order valence-electron chi connectivity index (χ1n) is 21.4. The minimum absolute atomic E-state index is 0.633. The van der Waals surface area contributed by atoms with Crippen LogP contribution < -0.4 is 9.80 Å². The quantitative estimate of drug-likeness (QED) is 0.113. The highest BCUT2D eigenvalue weighted by molar-refractivity contribution is 7.19. The molecule has 15 heteroatoms. The van der Waals surface area contributed by atoms with E-state index in [1.807, 2.05) is 130 Å². The molecule has 0 amide bonds. The lowest BCUT2D eigenvalue weighted by Gasteiger charge is -2.17. The van der Waals surface area contributed by atoms with Crippen molar-refractivity contribution in [2.24, 2.45) is 51.1 Å². The maximum Gasteiger partial charge on any atom is 0.229 e. The third kappa shape index (κ3) is 12.1. The highest BCUT2D eigenvalue weighted by atomic mass is 32.1. The number of azo groups is 5. The molecule has 0 saturated carbocycles. The Morgan fingerprint density at radius 3 is 1.50 bits per heavy atom. The van der Waals surface area contributed by atoms with Gasteiger partial charge in [-0.05, 0) is 179 Å². The Morgan fingerprint density at radius 2 is 0.953 bits per heavy atom. The zero-order valence-electron chi connectivity index (χ0n) is 36.4. The summed E-state index contributed by atoms with van der Waals surface area (Å²) in [4.78, 5) is 8.93. The van der Waals surface area contributed by atoms with Gasteiger partial charge in [0.25, 0.3) is 0 Å². The Labute approximate surface area is 381 Å². The summed E-state index contributed by atoms with van der Waals surface area (Å²) in [5.74, 6) is 0. The van der Waals surface area contributed by atoms with Gasteiger partial charge in [0.15, 0.2) is 0 Å². The van der Waals surface area contributed by atoms with Crippen LogP contribution in [0.4, 0.5) is 66.3 Å². The molecule has 64 heavy (non-hydrogen) atoms. The summed E-state index contributed by atoms with van der Waals surface area (Å²) < 4.78 is 0. The average Bonchev–Trinajstić information content (AvgIpc) is 4.17. The summed E-state index contributed by atoms with van der Waals surface area (Å²) in [5, 5.41) is 48.2. The third-order valence-corrected chi connectivity index (χ3v) is 12.3. The number of thiophene rings is 1. The standard InChI is InChI=1S/C25H24N8S2.C24H25N5/c1-17-16-20(28-31-23-9-10-24(35-23)33-12-3-4-13-33)6-7-21(17)29-27-19-5-8-22(18(2)15-19)30-32-25-26-11-14-34-25;1-18-6-5-7-21(16-18)27-28-24-13-10-22(17-19(24)2)26-25-20-8-11-23(12-9-20)29-14-3-4-15-29/h5-11,14-16H,3-4,12-13H2,1-2H3;5-13,16-17H,3-4,14-15H2,1-2H3. The summed E-state index contributed by atoms with van der Waals surface area (Å²) in [6.07, 6.45) is 6.80. The predicted molar refractivity (Wildman–Crippen MR) is 261 cm³/mol. The van der Waals surface area contributed by atoms with Crippen LogP contribution in [0.5, 0.6) is 0 Å². The number of hydrogen-bond donors (Lipinski definition) is 0. The molecule has 0 spiro atoms. The number of rotatable bonds is 12. The van der Waals surface area contributed by atoms with Gasteiger partial charge in [-0.1, -0.05) is 23.5 Å². The first-order chi connectivity index (χ1) is 31.3. The number of aryl methyl sites for hydroxylation is 4. The smallest absolute Gasteiger partial charge is 0.229 e. The molecule has 2 fully saturated rings. The largest absolute Gasteiger partial charge is 0.372 e. The van der Waals surface area contributed by atoms with Crippen LogP contribution in [0.1, 0.15) is 47.9 Å². The van der Waals surface area contributed by atoms with Crippen molar-refractivity contribution in [2.45, 2.75) is 53.4 Å². The molecule has 7 aromatic rings. The molecule has 2 aliphatic heterocycles. The van der Waals surface area contributed by atoms with Gasteiger partial charge in [0.2, 0.25) is 5.13 Å². The van der Waals surface area contributed by atoms with Crippen molar-refractivity contribution in [1.82, 2.24) is 4.98 Å². The molecule has 0 atom stereocenters. The fourth-order valence-corrected chi connectivity index (χ4v) is 8.46. The van der Waals surface area contributed by atoms with E-state index in [-0.39, 0.29) is 0 Å².